The molecule has 2 aliphatic heterocycles. The number of nitrogens with zero attached hydrogens (tertiary/aromatic N) is 4. The summed E-state index contributed by atoms with van der Waals surface area (Å²) in [6, 6.07) is 10.2. The van der Waals surface area contributed by atoms with Crippen molar-refractivity contribution in [2.75, 3.05) is 77.1 Å². The van der Waals surface area contributed by atoms with Crippen molar-refractivity contribution >= 4 is 5.88 Å². The van der Waals surface area contributed by atoms with Crippen molar-refractivity contribution in [3.8, 4) is 11.3 Å². The Bertz CT molecular complexity index is 804. The minimum atomic E-state index is -0.355. The molecule has 1 unspecified atom stereocenters. The second kappa shape index (κ2) is 11.8. The summed E-state index contributed by atoms with van der Waals surface area (Å²) in [7, 11) is 0. The number of hydrogen-bond acceptors (Lipinski definition) is 8. The number of hydrogen-bond donors (Lipinski definition) is 1. The van der Waals surface area contributed by atoms with Crippen LogP contribution in [0.1, 0.15) is 18.9 Å². The molecular weight excluding hydrogens is 408 g/mol. The molecule has 0 aliphatic carbocycles. The summed E-state index contributed by atoms with van der Waals surface area (Å²) in [6.07, 6.45) is 0.381. The van der Waals surface area contributed by atoms with Gasteiger partial charge in [0, 0.05) is 57.9 Å². The lowest BCUT2D eigenvalue weighted by Gasteiger charge is -2.32. The Labute approximate surface area is 190 Å². The fourth-order valence-corrected chi connectivity index (χ4v) is 4.27. The summed E-state index contributed by atoms with van der Waals surface area (Å²) in [6.45, 7) is 11.7. The average Bonchev–Trinajstić information content (AvgIpc) is 3.27. The van der Waals surface area contributed by atoms with Crippen molar-refractivity contribution in [3.05, 3.63) is 35.9 Å². The number of rotatable bonds is 10. The first-order valence-corrected chi connectivity index (χ1v) is 11.8. The van der Waals surface area contributed by atoms with Crippen LogP contribution >= 0.6 is 0 Å². The van der Waals surface area contributed by atoms with E-state index in [1.54, 1.807) is 0 Å². The third kappa shape index (κ3) is 6.08. The molecule has 8 nitrogen and oxygen atoms in total. The third-order valence-corrected chi connectivity index (χ3v) is 6.27. The van der Waals surface area contributed by atoms with E-state index in [9.17, 15) is 5.11 Å². The van der Waals surface area contributed by atoms with Gasteiger partial charge in [0.15, 0.2) is 0 Å². The van der Waals surface area contributed by atoms with Gasteiger partial charge in [0.25, 0.3) is 0 Å². The second-order valence-electron chi connectivity index (χ2n) is 8.53. The number of aliphatic hydroxyl groups excluding tert-OH is 1. The number of aromatic nitrogens is 1. The van der Waals surface area contributed by atoms with E-state index in [0.717, 1.165) is 81.6 Å². The lowest BCUT2D eigenvalue weighted by molar-refractivity contribution is 0.0290. The van der Waals surface area contributed by atoms with Crippen LogP contribution in [0.2, 0.25) is 0 Å². The van der Waals surface area contributed by atoms with Crippen LogP contribution in [-0.2, 0) is 16.0 Å². The molecule has 2 saturated heterocycles. The van der Waals surface area contributed by atoms with E-state index in [-0.39, 0.29) is 6.10 Å². The van der Waals surface area contributed by atoms with Gasteiger partial charge >= 0.3 is 0 Å². The SMILES string of the molecule is CCC(O)CN(CCN1CCOCC1)Cc1c(-c2ccccc2)noc1N1CCOCC1. The zero-order valence-corrected chi connectivity index (χ0v) is 19.1. The maximum Gasteiger partial charge on any atom is 0.232 e. The third-order valence-electron chi connectivity index (χ3n) is 6.27. The molecule has 8 heteroatoms. The van der Waals surface area contributed by atoms with Crippen LogP contribution < -0.4 is 4.90 Å². The highest BCUT2D eigenvalue weighted by Gasteiger charge is 2.26. The minimum absolute atomic E-state index is 0.355. The van der Waals surface area contributed by atoms with Gasteiger partial charge in [0.2, 0.25) is 5.88 Å². The lowest BCUT2D eigenvalue weighted by Crippen LogP contribution is -2.43. The highest BCUT2D eigenvalue weighted by molar-refractivity contribution is 5.68. The molecule has 1 atom stereocenters. The molecule has 1 N–H and O–H groups in total. The fraction of sp³-hybridized carbons (Fsp3) is 0.625. The van der Waals surface area contributed by atoms with Crippen LogP contribution in [-0.4, -0.2) is 98.4 Å². The fourth-order valence-electron chi connectivity index (χ4n) is 4.27. The van der Waals surface area contributed by atoms with Gasteiger partial charge in [0.1, 0.15) is 5.69 Å². The van der Waals surface area contributed by atoms with E-state index in [4.69, 9.17) is 14.0 Å². The average molecular weight is 445 g/mol. The van der Waals surface area contributed by atoms with E-state index < -0.39 is 0 Å². The largest absolute Gasteiger partial charge is 0.392 e. The minimum Gasteiger partial charge on any atom is -0.392 e. The quantitative estimate of drug-likeness (QED) is 0.597. The summed E-state index contributed by atoms with van der Waals surface area (Å²) in [5.41, 5.74) is 3.02. The Morgan fingerprint density at radius 1 is 1.03 bits per heavy atom. The van der Waals surface area contributed by atoms with E-state index in [1.807, 2.05) is 25.1 Å². The summed E-state index contributed by atoms with van der Waals surface area (Å²) >= 11 is 0. The Morgan fingerprint density at radius 2 is 1.72 bits per heavy atom. The van der Waals surface area contributed by atoms with Gasteiger partial charge in [0.05, 0.1) is 38.1 Å². The van der Waals surface area contributed by atoms with Crippen LogP contribution in [0.15, 0.2) is 34.9 Å². The highest BCUT2D eigenvalue weighted by atomic mass is 16.5. The first-order valence-electron chi connectivity index (χ1n) is 11.8. The first-order chi connectivity index (χ1) is 15.7. The Morgan fingerprint density at radius 3 is 2.41 bits per heavy atom. The predicted molar refractivity (Wildman–Crippen MR) is 124 cm³/mol. The Balaban J connectivity index is 1.57. The summed E-state index contributed by atoms with van der Waals surface area (Å²) in [5.74, 6) is 0.828. The van der Waals surface area contributed by atoms with Gasteiger partial charge in [-0.2, -0.15) is 0 Å². The van der Waals surface area contributed by atoms with Crippen molar-refractivity contribution < 1.29 is 19.1 Å². The zero-order chi connectivity index (χ0) is 22.2. The zero-order valence-electron chi connectivity index (χ0n) is 19.1. The first kappa shape index (κ1) is 23.2. The van der Waals surface area contributed by atoms with Crippen molar-refractivity contribution in [2.45, 2.75) is 26.0 Å². The van der Waals surface area contributed by atoms with Crippen molar-refractivity contribution in [1.29, 1.82) is 0 Å². The summed E-state index contributed by atoms with van der Waals surface area (Å²) in [5, 5.41) is 14.9. The Kier molecular flexibility index (Phi) is 8.53. The van der Waals surface area contributed by atoms with Gasteiger partial charge in [-0.3, -0.25) is 9.80 Å². The number of aliphatic hydroxyl groups is 1. The van der Waals surface area contributed by atoms with E-state index in [2.05, 4.69) is 32.0 Å². The smallest absolute Gasteiger partial charge is 0.232 e. The van der Waals surface area contributed by atoms with E-state index in [1.165, 1.54) is 0 Å². The van der Waals surface area contributed by atoms with E-state index >= 15 is 0 Å². The standard InChI is InChI=1S/C24H36N4O4/c1-2-21(29)18-27(9-8-26-10-14-30-15-11-26)19-22-23(20-6-4-3-5-7-20)25-32-24(22)28-12-16-31-17-13-28/h3-7,21,29H,2,8-19H2,1H3. The number of anilines is 1. The normalized spacial score (nSPS) is 18.9. The van der Waals surface area contributed by atoms with Crippen LogP contribution in [0.25, 0.3) is 11.3 Å². The summed E-state index contributed by atoms with van der Waals surface area (Å²) in [4.78, 5) is 7.00. The number of morpholine rings is 2. The molecule has 0 bridgehead atoms. The molecule has 2 aliphatic rings. The van der Waals surface area contributed by atoms with Crippen molar-refractivity contribution in [1.82, 2.24) is 15.0 Å². The molecule has 0 saturated carbocycles. The maximum atomic E-state index is 10.5. The van der Waals surface area contributed by atoms with Crippen molar-refractivity contribution in [2.24, 2.45) is 0 Å². The van der Waals surface area contributed by atoms with Gasteiger partial charge < -0.3 is 24.0 Å². The number of ether oxygens (including phenoxy) is 2. The molecule has 176 valence electrons. The summed E-state index contributed by atoms with van der Waals surface area (Å²) < 4.78 is 17.0. The Hall–Kier alpha value is -1.97. The maximum absolute atomic E-state index is 10.5. The molecule has 2 aromatic rings. The van der Waals surface area contributed by atoms with Gasteiger partial charge in [-0.15, -0.1) is 0 Å². The molecule has 2 fully saturated rings. The predicted octanol–water partition coefficient (Wildman–Crippen LogP) is 2.08. The van der Waals surface area contributed by atoms with Gasteiger partial charge in [-0.25, -0.2) is 0 Å². The van der Waals surface area contributed by atoms with Crippen LogP contribution in [0.4, 0.5) is 5.88 Å². The molecule has 0 amide bonds. The monoisotopic (exact) mass is 444 g/mol. The van der Waals surface area contributed by atoms with Gasteiger partial charge in [-0.05, 0) is 6.42 Å². The van der Waals surface area contributed by atoms with Crippen LogP contribution in [0, 0.1) is 0 Å². The molecule has 0 radical (unpaired) electrons. The molecule has 4 rings (SSSR count). The highest BCUT2D eigenvalue weighted by Crippen LogP contribution is 2.33. The number of benzene rings is 1. The molecular formula is C24H36N4O4. The van der Waals surface area contributed by atoms with Crippen LogP contribution in [0.5, 0.6) is 0 Å². The van der Waals surface area contributed by atoms with Crippen molar-refractivity contribution in [3.63, 3.8) is 0 Å². The van der Waals surface area contributed by atoms with Gasteiger partial charge in [-0.1, -0.05) is 42.4 Å². The van der Waals surface area contributed by atoms with Crippen LogP contribution in [0.3, 0.4) is 0 Å². The topological polar surface area (TPSA) is 74.4 Å². The molecule has 1 aromatic carbocycles. The molecule has 1 aromatic heterocycles. The molecule has 3 heterocycles. The van der Waals surface area contributed by atoms with E-state index in [0.29, 0.717) is 26.3 Å². The molecule has 0 spiro atoms. The lowest BCUT2D eigenvalue weighted by atomic mass is 10.1. The molecule has 32 heavy (non-hydrogen) atoms. The second-order valence-corrected chi connectivity index (χ2v) is 8.53.